The van der Waals surface area contributed by atoms with Crippen molar-refractivity contribution in [2.45, 2.75) is 0 Å². The summed E-state index contributed by atoms with van der Waals surface area (Å²) in [6.07, 6.45) is 1.96. The van der Waals surface area contributed by atoms with Gasteiger partial charge in [-0.15, -0.1) is 0 Å². The van der Waals surface area contributed by atoms with Crippen LogP contribution in [0, 0.1) is 0 Å². The van der Waals surface area contributed by atoms with Crippen LogP contribution < -0.4 is 4.48 Å². The third-order valence-electron chi connectivity index (χ3n) is 6.04. The van der Waals surface area contributed by atoms with Crippen LogP contribution in [0.5, 0.6) is 0 Å². The van der Waals surface area contributed by atoms with E-state index >= 15 is 0 Å². The van der Waals surface area contributed by atoms with E-state index in [1.807, 2.05) is 42.6 Å². The van der Waals surface area contributed by atoms with E-state index in [9.17, 15) is 0 Å². The lowest BCUT2D eigenvalue weighted by molar-refractivity contribution is -0.508. The van der Waals surface area contributed by atoms with Gasteiger partial charge < -0.3 is 4.42 Å². The number of halogens is 1. The second kappa shape index (κ2) is 8.06. The first-order chi connectivity index (χ1) is 16.2. The van der Waals surface area contributed by atoms with Crippen molar-refractivity contribution in [2.75, 3.05) is 0 Å². The highest BCUT2D eigenvalue weighted by atomic mass is 79.9. The molecule has 0 aliphatic rings. The first-order valence-corrected chi connectivity index (χ1v) is 11.5. The number of rotatable bonds is 3. The Morgan fingerprint density at radius 3 is 2.21 bits per heavy atom. The fourth-order valence-electron chi connectivity index (χ4n) is 4.41. The Balaban J connectivity index is 1.42. The molecule has 4 aromatic carbocycles. The van der Waals surface area contributed by atoms with E-state index in [1.54, 1.807) is 4.48 Å². The molecule has 33 heavy (non-hydrogen) atoms. The second-order valence-corrected chi connectivity index (χ2v) is 8.91. The number of fused-ring (bicyclic) bond motifs is 3. The van der Waals surface area contributed by atoms with Gasteiger partial charge in [0.05, 0.1) is 5.56 Å². The van der Waals surface area contributed by atoms with Gasteiger partial charge >= 0.3 is 7.98 Å². The van der Waals surface area contributed by atoms with Gasteiger partial charge in [-0.05, 0) is 35.4 Å². The SMILES string of the molecule is [B][n+]1cc(-c2ccc(-c3ccccc3)cc2Br)ccc1-c1cccc2c1oc1ccccc12. The fraction of sp³-hybridized carbons (Fsp3) is 0. The lowest BCUT2D eigenvalue weighted by Gasteiger charge is -2.09. The predicted molar refractivity (Wildman–Crippen MR) is 139 cm³/mol. The molecule has 0 amide bonds. The van der Waals surface area contributed by atoms with Crippen LogP contribution in [0.4, 0.5) is 0 Å². The maximum Gasteiger partial charge on any atom is 0.586 e. The fourth-order valence-corrected chi connectivity index (χ4v) is 5.02. The van der Waals surface area contributed by atoms with Crippen LogP contribution in [0.25, 0.3) is 55.4 Å². The number of para-hydroxylation sites is 2. The second-order valence-electron chi connectivity index (χ2n) is 8.05. The molecule has 0 saturated heterocycles. The normalized spacial score (nSPS) is 11.3. The molecule has 0 unspecified atom stereocenters. The van der Waals surface area contributed by atoms with Crippen molar-refractivity contribution in [3.8, 4) is 33.5 Å². The van der Waals surface area contributed by atoms with Crippen molar-refractivity contribution in [1.29, 1.82) is 0 Å². The molecule has 0 saturated carbocycles. The summed E-state index contributed by atoms with van der Waals surface area (Å²) in [5.74, 6) is 0. The molecule has 2 radical (unpaired) electrons. The molecule has 0 aliphatic heterocycles. The zero-order chi connectivity index (χ0) is 22.4. The smallest absolute Gasteiger partial charge is 0.455 e. The molecule has 0 bridgehead atoms. The molecule has 0 atom stereocenters. The topological polar surface area (TPSA) is 17.0 Å². The molecule has 0 N–H and O–H groups in total. The Bertz CT molecular complexity index is 1640. The third kappa shape index (κ3) is 3.47. The van der Waals surface area contributed by atoms with Crippen LogP contribution in [-0.4, -0.2) is 7.98 Å². The van der Waals surface area contributed by atoms with Crippen molar-refractivity contribution in [2.24, 2.45) is 0 Å². The lowest BCUT2D eigenvalue weighted by Crippen LogP contribution is -2.33. The number of furan rings is 1. The van der Waals surface area contributed by atoms with Crippen LogP contribution in [0.15, 0.2) is 118 Å². The van der Waals surface area contributed by atoms with Gasteiger partial charge in [0.25, 0.3) is 0 Å². The molecule has 2 aromatic heterocycles. The summed E-state index contributed by atoms with van der Waals surface area (Å²) in [5, 5.41) is 2.20. The van der Waals surface area contributed by atoms with Gasteiger partial charge in [-0.3, -0.25) is 4.48 Å². The molecule has 6 aromatic rings. The van der Waals surface area contributed by atoms with Crippen LogP contribution in [0.3, 0.4) is 0 Å². The van der Waals surface area contributed by atoms with Crippen molar-refractivity contribution in [1.82, 2.24) is 0 Å². The number of nitrogens with zero attached hydrogens (tertiary/aromatic N) is 1. The molecule has 2 heterocycles. The molecule has 154 valence electrons. The van der Waals surface area contributed by atoms with Crippen LogP contribution in [0.2, 0.25) is 0 Å². The Morgan fingerprint density at radius 1 is 0.636 bits per heavy atom. The van der Waals surface area contributed by atoms with E-state index in [4.69, 9.17) is 12.4 Å². The Labute approximate surface area is 201 Å². The van der Waals surface area contributed by atoms with Gasteiger partial charge in [-0.2, -0.15) is 0 Å². The average Bonchev–Trinajstić information content (AvgIpc) is 3.24. The number of hydrogen-bond acceptors (Lipinski definition) is 1. The first-order valence-electron chi connectivity index (χ1n) is 10.8. The van der Waals surface area contributed by atoms with E-state index in [1.165, 1.54) is 11.1 Å². The zero-order valence-corrected chi connectivity index (χ0v) is 19.3. The van der Waals surface area contributed by atoms with E-state index in [0.29, 0.717) is 0 Å². The highest BCUT2D eigenvalue weighted by molar-refractivity contribution is 9.10. The van der Waals surface area contributed by atoms with Gasteiger partial charge in [0, 0.05) is 32.4 Å². The molecule has 6 rings (SSSR count). The standard InChI is InChI=1S/C29H18BBrNO/c30-32-18-21(22-15-13-20(17-26(22)31)19-7-2-1-3-8-19)14-16-27(32)25-11-6-10-24-23-9-4-5-12-28(23)33-29(24)25/h1-18H/q+1. The summed E-state index contributed by atoms with van der Waals surface area (Å²) in [6.45, 7) is 0. The maximum atomic E-state index is 6.51. The van der Waals surface area contributed by atoms with Gasteiger partial charge in [-0.1, -0.05) is 88.7 Å². The number of aromatic nitrogens is 1. The van der Waals surface area contributed by atoms with Gasteiger partial charge in [0.15, 0.2) is 11.9 Å². The van der Waals surface area contributed by atoms with E-state index in [0.717, 1.165) is 48.8 Å². The summed E-state index contributed by atoms with van der Waals surface area (Å²) < 4.78 is 8.91. The molecule has 0 fully saturated rings. The summed E-state index contributed by atoms with van der Waals surface area (Å²) in [7, 11) is 6.51. The van der Waals surface area contributed by atoms with E-state index in [-0.39, 0.29) is 0 Å². The van der Waals surface area contributed by atoms with Gasteiger partial charge in [0.2, 0.25) is 0 Å². The highest BCUT2D eigenvalue weighted by Gasteiger charge is 2.19. The predicted octanol–water partition coefficient (Wildman–Crippen LogP) is 7.57. The summed E-state index contributed by atoms with van der Waals surface area (Å²) in [6, 6.07) is 35.2. The van der Waals surface area contributed by atoms with E-state index < -0.39 is 0 Å². The van der Waals surface area contributed by atoms with Crippen LogP contribution >= 0.6 is 15.9 Å². The minimum Gasteiger partial charge on any atom is -0.455 e. The molecular weight excluding hydrogens is 469 g/mol. The minimum atomic E-state index is 0.846. The largest absolute Gasteiger partial charge is 0.586 e. The summed E-state index contributed by atoms with van der Waals surface area (Å²) in [5.41, 5.74) is 8.05. The average molecular weight is 487 g/mol. The zero-order valence-electron chi connectivity index (χ0n) is 17.7. The minimum absolute atomic E-state index is 0.846. The molecule has 0 aliphatic carbocycles. The summed E-state index contributed by atoms with van der Waals surface area (Å²) in [4.78, 5) is 0. The van der Waals surface area contributed by atoms with Crippen LogP contribution in [0.1, 0.15) is 0 Å². The van der Waals surface area contributed by atoms with Gasteiger partial charge in [-0.25, -0.2) is 0 Å². The Kier molecular flexibility index (Phi) is 4.89. The van der Waals surface area contributed by atoms with Crippen LogP contribution in [-0.2, 0) is 0 Å². The number of benzene rings is 4. The van der Waals surface area contributed by atoms with Crippen molar-refractivity contribution in [3.63, 3.8) is 0 Å². The maximum absolute atomic E-state index is 6.51. The number of pyridine rings is 1. The van der Waals surface area contributed by atoms with Gasteiger partial charge in [0.1, 0.15) is 11.2 Å². The molecule has 0 spiro atoms. The quantitative estimate of drug-likeness (QED) is 0.236. The molecule has 2 nitrogen and oxygen atoms in total. The molecule has 4 heteroatoms. The van der Waals surface area contributed by atoms with Crippen molar-refractivity contribution < 1.29 is 8.90 Å². The van der Waals surface area contributed by atoms with Crippen molar-refractivity contribution in [3.05, 3.63) is 114 Å². The lowest BCUT2D eigenvalue weighted by atomic mass is 9.99. The van der Waals surface area contributed by atoms with E-state index in [2.05, 4.69) is 82.7 Å². The Morgan fingerprint density at radius 2 is 1.39 bits per heavy atom. The number of hydrogen-bond donors (Lipinski definition) is 0. The van der Waals surface area contributed by atoms with Crippen molar-refractivity contribution >= 4 is 45.8 Å². The summed E-state index contributed by atoms with van der Waals surface area (Å²) >= 11 is 3.76. The first kappa shape index (κ1) is 20.0. The monoisotopic (exact) mass is 486 g/mol. The highest BCUT2D eigenvalue weighted by Crippen LogP contribution is 2.36. The Hall–Kier alpha value is -3.63. The third-order valence-corrected chi connectivity index (χ3v) is 6.70. The molecular formula is C29H18BBrNO+.